The van der Waals surface area contributed by atoms with Gasteiger partial charge in [0.05, 0.1) is 6.61 Å². The number of nitrogens with zero attached hydrogens (tertiary/aromatic N) is 1. The quantitative estimate of drug-likeness (QED) is 0.863. The lowest BCUT2D eigenvalue weighted by Gasteiger charge is -2.30. The molecule has 0 radical (unpaired) electrons. The van der Waals surface area contributed by atoms with Crippen LogP contribution >= 0.6 is 0 Å². The van der Waals surface area contributed by atoms with Crippen LogP contribution in [0.15, 0.2) is 24.3 Å². The van der Waals surface area contributed by atoms with Gasteiger partial charge in [-0.3, -0.25) is 0 Å². The number of methoxy groups -OCH3 is 1. The fraction of sp³-hybridized carbons (Fsp3) is 0.600. The standard InChI is InChI=1S/C15H24N2O/c1-17-9-5-8-15(11-17)16-10-13-6-3-4-7-14(13)12-18-2/h3-4,6-7,15-16H,5,8-12H2,1-2H3. The molecule has 1 fully saturated rings. The number of piperidine rings is 1. The zero-order chi connectivity index (χ0) is 12.8. The second-order valence-corrected chi connectivity index (χ2v) is 5.18. The van der Waals surface area contributed by atoms with Crippen LogP contribution in [-0.2, 0) is 17.9 Å². The van der Waals surface area contributed by atoms with E-state index >= 15 is 0 Å². The number of likely N-dealkylation sites (N-methyl/N-ethyl adjacent to an activating group) is 1. The van der Waals surface area contributed by atoms with Crippen LogP contribution in [0.4, 0.5) is 0 Å². The predicted octanol–water partition coefficient (Wildman–Crippen LogP) is 2.02. The number of benzene rings is 1. The maximum absolute atomic E-state index is 5.24. The number of nitrogens with one attached hydrogen (secondary N) is 1. The molecule has 0 aromatic heterocycles. The van der Waals surface area contributed by atoms with Crippen LogP contribution in [-0.4, -0.2) is 38.2 Å². The SMILES string of the molecule is COCc1ccccc1CNC1CCCN(C)C1. The molecule has 1 N–H and O–H groups in total. The van der Waals surface area contributed by atoms with Crippen molar-refractivity contribution in [3.05, 3.63) is 35.4 Å². The van der Waals surface area contributed by atoms with Crippen LogP contribution in [0.1, 0.15) is 24.0 Å². The molecule has 1 aliphatic rings. The summed E-state index contributed by atoms with van der Waals surface area (Å²) in [5.41, 5.74) is 2.64. The zero-order valence-corrected chi connectivity index (χ0v) is 11.5. The normalized spacial score (nSPS) is 21.1. The lowest BCUT2D eigenvalue weighted by atomic mass is 10.0. The number of hydrogen-bond acceptors (Lipinski definition) is 3. The second-order valence-electron chi connectivity index (χ2n) is 5.18. The Bertz CT molecular complexity index is 367. The molecule has 3 nitrogen and oxygen atoms in total. The average molecular weight is 248 g/mol. The van der Waals surface area contributed by atoms with Crippen molar-refractivity contribution in [2.75, 3.05) is 27.2 Å². The molecule has 1 aromatic rings. The van der Waals surface area contributed by atoms with E-state index in [1.165, 1.54) is 30.5 Å². The summed E-state index contributed by atoms with van der Waals surface area (Å²) in [6.45, 7) is 4.03. The van der Waals surface area contributed by atoms with Gasteiger partial charge in [-0.2, -0.15) is 0 Å². The molecule has 0 saturated carbocycles. The topological polar surface area (TPSA) is 24.5 Å². The summed E-state index contributed by atoms with van der Waals surface area (Å²) >= 11 is 0. The summed E-state index contributed by atoms with van der Waals surface area (Å²) in [5, 5.41) is 3.67. The van der Waals surface area contributed by atoms with Crippen LogP contribution in [0.25, 0.3) is 0 Å². The molecular formula is C15H24N2O. The van der Waals surface area contributed by atoms with Crippen LogP contribution in [0.2, 0.25) is 0 Å². The van der Waals surface area contributed by atoms with Gasteiger partial charge in [0.15, 0.2) is 0 Å². The molecule has 1 unspecified atom stereocenters. The molecule has 3 heteroatoms. The first-order chi connectivity index (χ1) is 8.79. The van der Waals surface area contributed by atoms with E-state index < -0.39 is 0 Å². The fourth-order valence-electron chi connectivity index (χ4n) is 2.61. The Hall–Kier alpha value is -0.900. The molecule has 0 spiro atoms. The third-order valence-corrected chi connectivity index (χ3v) is 3.62. The first kappa shape index (κ1) is 13.5. The molecule has 1 saturated heterocycles. The molecule has 1 aliphatic heterocycles. The second kappa shape index (κ2) is 6.88. The highest BCUT2D eigenvalue weighted by Gasteiger charge is 2.16. The highest BCUT2D eigenvalue weighted by Crippen LogP contribution is 2.12. The number of ether oxygens (including phenoxy) is 1. The zero-order valence-electron chi connectivity index (χ0n) is 11.5. The van der Waals surface area contributed by atoms with Crippen molar-refractivity contribution in [3.8, 4) is 0 Å². The molecule has 18 heavy (non-hydrogen) atoms. The molecule has 0 aliphatic carbocycles. The monoisotopic (exact) mass is 248 g/mol. The van der Waals surface area contributed by atoms with E-state index in [1.54, 1.807) is 7.11 Å². The van der Waals surface area contributed by atoms with E-state index in [-0.39, 0.29) is 0 Å². The van der Waals surface area contributed by atoms with Crippen LogP contribution < -0.4 is 5.32 Å². The maximum Gasteiger partial charge on any atom is 0.0716 e. The van der Waals surface area contributed by atoms with E-state index in [1.807, 2.05) is 0 Å². The first-order valence-electron chi connectivity index (χ1n) is 6.77. The van der Waals surface area contributed by atoms with E-state index in [0.29, 0.717) is 12.6 Å². The molecule has 1 atom stereocenters. The summed E-state index contributed by atoms with van der Waals surface area (Å²) in [6.07, 6.45) is 2.59. The van der Waals surface area contributed by atoms with Gasteiger partial charge in [0.2, 0.25) is 0 Å². The number of hydrogen-bond donors (Lipinski definition) is 1. The molecular weight excluding hydrogens is 224 g/mol. The molecule has 0 amide bonds. The minimum Gasteiger partial charge on any atom is -0.380 e. The van der Waals surface area contributed by atoms with Gasteiger partial charge >= 0.3 is 0 Å². The van der Waals surface area contributed by atoms with Crippen molar-refractivity contribution in [2.24, 2.45) is 0 Å². The Morgan fingerprint density at radius 3 is 2.83 bits per heavy atom. The van der Waals surface area contributed by atoms with Gasteiger partial charge in [0, 0.05) is 26.2 Å². The summed E-state index contributed by atoms with van der Waals surface area (Å²) in [7, 11) is 3.95. The minimum atomic E-state index is 0.624. The van der Waals surface area contributed by atoms with Crippen molar-refractivity contribution in [2.45, 2.75) is 32.0 Å². The van der Waals surface area contributed by atoms with E-state index in [4.69, 9.17) is 4.74 Å². The summed E-state index contributed by atoms with van der Waals surface area (Å²) < 4.78 is 5.24. The van der Waals surface area contributed by atoms with Crippen LogP contribution in [0.5, 0.6) is 0 Å². The first-order valence-corrected chi connectivity index (χ1v) is 6.77. The fourth-order valence-corrected chi connectivity index (χ4v) is 2.61. The third-order valence-electron chi connectivity index (χ3n) is 3.62. The van der Waals surface area contributed by atoms with Gasteiger partial charge < -0.3 is 15.0 Å². The van der Waals surface area contributed by atoms with Gasteiger partial charge in [0.25, 0.3) is 0 Å². The van der Waals surface area contributed by atoms with Gasteiger partial charge in [-0.05, 0) is 37.6 Å². The predicted molar refractivity (Wildman–Crippen MR) is 74.5 cm³/mol. The largest absolute Gasteiger partial charge is 0.380 e. The summed E-state index contributed by atoms with van der Waals surface area (Å²) in [5.74, 6) is 0. The van der Waals surface area contributed by atoms with E-state index in [0.717, 1.165) is 13.1 Å². The van der Waals surface area contributed by atoms with Crippen molar-refractivity contribution < 1.29 is 4.74 Å². The Kier molecular flexibility index (Phi) is 5.17. The Labute approximate surface area is 110 Å². The molecule has 100 valence electrons. The van der Waals surface area contributed by atoms with Gasteiger partial charge in [-0.25, -0.2) is 0 Å². The lowest BCUT2D eigenvalue weighted by molar-refractivity contribution is 0.183. The van der Waals surface area contributed by atoms with Gasteiger partial charge in [-0.1, -0.05) is 24.3 Å². The number of rotatable bonds is 5. The van der Waals surface area contributed by atoms with Crippen molar-refractivity contribution in [1.82, 2.24) is 10.2 Å². The maximum atomic E-state index is 5.24. The minimum absolute atomic E-state index is 0.624. The lowest BCUT2D eigenvalue weighted by Crippen LogP contribution is -2.43. The highest BCUT2D eigenvalue weighted by molar-refractivity contribution is 5.26. The number of likely N-dealkylation sites (tertiary alicyclic amines) is 1. The van der Waals surface area contributed by atoms with Crippen molar-refractivity contribution in [1.29, 1.82) is 0 Å². The molecule has 0 bridgehead atoms. The third kappa shape index (κ3) is 3.80. The summed E-state index contributed by atoms with van der Waals surface area (Å²) in [4.78, 5) is 2.40. The van der Waals surface area contributed by atoms with Crippen molar-refractivity contribution in [3.63, 3.8) is 0 Å². The van der Waals surface area contributed by atoms with Crippen molar-refractivity contribution >= 4 is 0 Å². The smallest absolute Gasteiger partial charge is 0.0716 e. The van der Waals surface area contributed by atoms with Gasteiger partial charge in [-0.15, -0.1) is 0 Å². The van der Waals surface area contributed by atoms with Crippen LogP contribution in [0, 0.1) is 0 Å². The Morgan fingerprint density at radius 2 is 2.11 bits per heavy atom. The average Bonchev–Trinajstić information content (AvgIpc) is 2.38. The molecule has 1 heterocycles. The highest BCUT2D eigenvalue weighted by atomic mass is 16.5. The van der Waals surface area contributed by atoms with E-state index in [9.17, 15) is 0 Å². The molecule has 1 aromatic carbocycles. The van der Waals surface area contributed by atoms with Gasteiger partial charge in [0.1, 0.15) is 0 Å². The Morgan fingerprint density at radius 1 is 1.33 bits per heavy atom. The van der Waals surface area contributed by atoms with E-state index in [2.05, 4.69) is 41.5 Å². The Balaban J connectivity index is 1.89. The summed E-state index contributed by atoms with van der Waals surface area (Å²) in [6, 6.07) is 9.14. The van der Waals surface area contributed by atoms with Crippen LogP contribution in [0.3, 0.4) is 0 Å². The molecule has 2 rings (SSSR count).